The normalized spacial score (nSPS) is 11.8. The Morgan fingerprint density at radius 1 is 1.42 bits per heavy atom. The molecule has 0 bridgehead atoms. The van der Waals surface area contributed by atoms with Gasteiger partial charge in [-0.3, -0.25) is 4.79 Å². The molecule has 0 heterocycles. The fourth-order valence-electron chi connectivity index (χ4n) is 1.38. The van der Waals surface area contributed by atoms with E-state index in [0.717, 1.165) is 10.2 Å². The van der Waals surface area contributed by atoms with Crippen LogP contribution >= 0.6 is 15.9 Å². The monoisotopic (exact) mass is 323 g/mol. The molecule has 0 aliphatic heterocycles. The predicted molar refractivity (Wildman–Crippen MR) is 79.8 cm³/mol. The maximum Gasteiger partial charge on any atom is 0.239 e. The van der Waals surface area contributed by atoms with Gasteiger partial charge in [-0.15, -0.1) is 0 Å². The summed E-state index contributed by atoms with van der Waals surface area (Å²) in [7, 11) is 0. The number of carbonyl (C=O) groups is 1. The number of hydrogen-bond acceptors (Lipinski definition) is 3. The first-order chi connectivity index (χ1) is 8.93. The number of hydrogen-bond donors (Lipinski definition) is 2. The average molecular weight is 324 g/mol. The molecule has 102 valence electrons. The van der Waals surface area contributed by atoms with Crippen molar-refractivity contribution in [2.45, 2.75) is 26.8 Å². The summed E-state index contributed by atoms with van der Waals surface area (Å²) in [6.45, 7) is 6.33. The highest BCUT2D eigenvalue weighted by molar-refractivity contribution is 9.10. The SMILES string of the molecule is CC(C)C(C)NC(=O)CNc1ccc(C#N)cc1Br. The Bertz CT molecular complexity index is 494. The van der Waals surface area contributed by atoms with Crippen LogP contribution in [0.1, 0.15) is 26.3 Å². The summed E-state index contributed by atoms with van der Waals surface area (Å²) >= 11 is 3.37. The fourth-order valence-corrected chi connectivity index (χ4v) is 1.89. The van der Waals surface area contributed by atoms with Crippen molar-refractivity contribution in [2.75, 3.05) is 11.9 Å². The number of benzene rings is 1. The van der Waals surface area contributed by atoms with E-state index in [4.69, 9.17) is 5.26 Å². The molecule has 5 heteroatoms. The van der Waals surface area contributed by atoms with Gasteiger partial charge in [-0.25, -0.2) is 0 Å². The van der Waals surface area contributed by atoms with E-state index in [0.29, 0.717) is 11.5 Å². The minimum absolute atomic E-state index is 0.0440. The first kappa shape index (κ1) is 15.5. The lowest BCUT2D eigenvalue weighted by Gasteiger charge is -2.18. The predicted octanol–water partition coefficient (Wildman–Crippen LogP) is 2.89. The summed E-state index contributed by atoms with van der Waals surface area (Å²) < 4.78 is 0.774. The average Bonchev–Trinajstić information content (AvgIpc) is 2.36. The van der Waals surface area contributed by atoms with E-state index in [9.17, 15) is 4.79 Å². The third kappa shape index (κ3) is 4.92. The number of nitriles is 1. The first-order valence-corrected chi connectivity index (χ1v) is 6.96. The maximum atomic E-state index is 11.7. The van der Waals surface area contributed by atoms with Crippen molar-refractivity contribution in [1.82, 2.24) is 5.32 Å². The minimum Gasteiger partial charge on any atom is -0.375 e. The second-order valence-electron chi connectivity index (χ2n) is 4.76. The van der Waals surface area contributed by atoms with Crippen LogP contribution in [0.3, 0.4) is 0 Å². The summed E-state index contributed by atoms with van der Waals surface area (Å²) in [5.41, 5.74) is 1.38. The molecule has 0 aromatic heterocycles. The molecule has 1 atom stereocenters. The van der Waals surface area contributed by atoms with Crippen LogP contribution in [0.5, 0.6) is 0 Å². The van der Waals surface area contributed by atoms with Gasteiger partial charge in [0.25, 0.3) is 0 Å². The van der Waals surface area contributed by atoms with E-state index >= 15 is 0 Å². The fraction of sp³-hybridized carbons (Fsp3) is 0.429. The molecule has 0 radical (unpaired) electrons. The smallest absolute Gasteiger partial charge is 0.239 e. The topological polar surface area (TPSA) is 64.9 Å². The van der Waals surface area contributed by atoms with Crippen LogP contribution in [0.2, 0.25) is 0 Å². The Balaban J connectivity index is 2.53. The molecular formula is C14H18BrN3O. The summed E-state index contributed by atoms with van der Waals surface area (Å²) in [6.07, 6.45) is 0. The highest BCUT2D eigenvalue weighted by atomic mass is 79.9. The molecular weight excluding hydrogens is 306 g/mol. The van der Waals surface area contributed by atoms with Crippen molar-refractivity contribution < 1.29 is 4.79 Å². The molecule has 19 heavy (non-hydrogen) atoms. The number of amides is 1. The number of carbonyl (C=O) groups excluding carboxylic acids is 1. The lowest BCUT2D eigenvalue weighted by Crippen LogP contribution is -2.39. The number of anilines is 1. The molecule has 0 aliphatic carbocycles. The standard InChI is InChI=1S/C14H18BrN3O/c1-9(2)10(3)18-14(19)8-17-13-5-4-11(7-16)6-12(13)15/h4-6,9-10,17H,8H2,1-3H3,(H,18,19). The molecule has 0 aliphatic rings. The molecule has 4 nitrogen and oxygen atoms in total. The Kier molecular flexibility index (Phi) is 5.84. The van der Waals surface area contributed by atoms with Crippen molar-refractivity contribution in [3.05, 3.63) is 28.2 Å². The van der Waals surface area contributed by atoms with Gasteiger partial charge in [0.15, 0.2) is 0 Å². The van der Waals surface area contributed by atoms with Crippen LogP contribution in [0.15, 0.2) is 22.7 Å². The molecule has 0 fully saturated rings. The molecule has 0 spiro atoms. The van der Waals surface area contributed by atoms with Crippen molar-refractivity contribution >= 4 is 27.5 Å². The van der Waals surface area contributed by atoms with E-state index in [1.165, 1.54) is 0 Å². The van der Waals surface area contributed by atoms with E-state index in [-0.39, 0.29) is 18.5 Å². The Labute approximate surface area is 122 Å². The molecule has 1 aromatic rings. The van der Waals surface area contributed by atoms with Gasteiger partial charge in [0, 0.05) is 16.2 Å². The van der Waals surface area contributed by atoms with E-state index in [1.54, 1.807) is 18.2 Å². The highest BCUT2D eigenvalue weighted by Gasteiger charge is 2.10. The summed E-state index contributed by atoms with van der Waals surface area (Å²) in [6, 6.07) is 7.42. The van der Waals surface area contributed by atoms with Crippen molar-refractivity contribution in [3.8, 4) is 6.07 Å². The van der Waals surface area contributed by atoms with Crippen LogP contribution in [0.25, 0.3) is 0 Å². The van der Waals surface area contributed by atoms with Gasteiger partial charge < -0.3 is 10.6 Å². The van der Waals surface area contributed by atoms with Gasteiger partial charge in [-0.1, -0.05) is 13.8 Å². The van der Waals surface area contributed by atoms with Gasteiger partial charge in [0.1, 0.15) is 0 Å². The van der Waals surface area contributed by atoms with E-state index in [2.05, 4.69) is 46.5 Å². The zero-order valence-corrected chi connectivity index (χ0v) is 12.9. The second kappa shape index (κ2) is 7.15. The van der Waals surface area contributed by atoms with Crippen LogP contribution in [-0.2, 0) is 4.79 Å². The summed E-state index contributed by atoms with van der Waals surface area (Å²) in [5.74, 6) is 0.364. The molecule has 0 saturated carbocycles. The minimum atomic E-state index is -0.0440. The molecule has 1 rings (SSSR count). The van der Waals surface area contributed by atoms with Gasteiger partial charge in [0.05, 0.1) is 18.2 Å². The highest BCUT2D eigenvalue weighted by Crippen LogP contribution is 2.23. The van der Waals surface area contributed by atoms with Crippen molar-refractivity contribution in [2.24, 2.45) is 5.92 Å². The summed E-state index contributed by atoms with van der Waals surface area (Å²) in [5, 5.41) is 14.7. The van der Waals surface area contributed by atoms with Gasteiger partial charge in [0.2, 0.25) is 5.91 Å². The van der Waals surface area contributed by atoms with Gasteiger partial charge >= 0.3 is 0 Å². The molecule has 1 unspecified atom stereocenters. The Morgan fingerprint density at radius 3 is 2.63 bits per heavy atom. The zero-order valence-electron chi connectivity index (χ0n) is 11.3. The number of nitrogens with zero attached hydrogens (tertiary/aromatic N) is 1. The zero-order chi connectivity index (χ0) is 14.4. The molecule has 1 amide bonds. The Hall–Kier alpha value is -1.54. The molecule has 1 aromatic carbocycles. The number of halogens is 1. The largest absolute Gasteiger partial charge is 0.375 e. The van der Waals surface area contributed by atoms with E-state index < -0.39 is 0 Å². The van der Waals surface area contributed by atoms with Crippen LogP contribution in [0, 0.1) is 17.2 Å². The molecule has 0 saturated heterocycles. The Morgan fingerprint density at radius 2 is 2.11 bits per heavy atom. The number of nitrogens with one attached hydrogen (secondary N) is 2. The third-order valence-corrected chi connectivity index (χ3v) is 3.58. The lowest BCUT2D eigenvalue weighted by molar-refractivity contribution is -0.120. The third-order valence-electron chi connectivity index (χ3n) is 2.93. The second-order valence-corrected chi connectivity index (χ2v) is 5.61. The summed E-state index contributed by atoms with van der Waals surface area (Å²) in [4.78, 5) is 11.7. The lowest BCUT2D eigenvalue weighted by atomic mass is 10.1. The van der Waals surface area contributed by atoms with E-state index in [1.807, 2.05) is 6.92 Å². The molecule has 2 N–H and O–H groups in total. The van der Waals surface area contributed by atoms with Crippen molar-refractivity contribution in [3.63, 3.8) is 0 Å². The van der Waals surface area contributed by atoms with Gasteiger partial charge in [-0.05, 0) is 47.0 Å². The van der Waals surface area contributed by atoms with Crippen LogP contribution in [-0.4, -0.2) is 18.5 Å². The van der Waals surface area contributed by atoms with Crippen LogP contribution < -0.4 is 10.6 Å². The van der Waals surface area contributed by atoms with Crippen molar-refractivity contribution in [1.29, 1.82) is 5.26 Å². The van der Waals surface area contributed by atoms with Crippen LogP contribution in [0.4, 0.5) is 5.69 Å². The quantitative estimate of drug-likeness (QED) is 0.875. The first-order valence-electron chi connectivity index (χ1n) is 6.17. The number of rotatable bonds is 5. The maximum absolute atomic E-state index is 11.7. The van der Waals surface area contributed by atoms with Gasteiger partial charge in [-0.2, -0.15) is 5.26 Å².